The van der Waals surface area contributed by atoms with E-state index in [1.165, 1.54) is 24.2 Å². The SMILES string of the molecule is Cc1noc(C)c1COc1ccc(C(=O)Nc2nc(C3CC3)cs2)cc1. The lowest BCUT2D eigenvalue weighted by molar-refractivity contribution is 0.102. The van der Waals surface area contributed by atoms with Gasteiger partial charge in [0.15, 0.2) is 5.13 Å². The van der Waals surface area contributed by atoms with Gasteiger partial charge < -0.3 is 9.26 Å². The van der Waals surface area contributed by atoms with Gasteiger partial charge in [-0.15, -0.1) is 11.3 Å². The second-order valence-corrected chi connectivity index (χ2v) is 7.28. The number of thiazole rings is 1. The van der Waals surface area contributed by atoms with Gasteiger partial charge in [-0.2, -0.15) is 0 Å². The van der Waals surface area contributed by atoms with E-state index in [2.05, 4.69) is 15.5 Å². The third kappa shape index (κ3) is 3.62. The molecule has 3 aromatic rings. The zero-order chi connectivity index (χ0) is 18.1. The lowest BCUT2D eigenvalue weighted by Gasteiger charge is -2.07. The number of aryl methyl sites for hydroxylation is 2. The first-order valence-electron chi connectivity index (χ1n) is 8.51. The molecular weight excluding hydrogens is 350 g/mol. The van der Waals surface area contributed by atoms with E-state index in [0.717, 1.165) is 22.7 Å². The topological polar surface area (TPSA) is 77.2 Å². The van der Waals surface area contributed by atoms with Crippen molar-refractivity contribution >= 4 is 22.4 Å². The Morgan fingerprint density at radius 1 is 1.31 bits per heavy atom. The number of hydrogen-bond donors (Lipinski definition) is 1. The van der Waals surface area contributed by atoms with E-state index in [0.29, 0.717) is 29.0 Å². The maximum Gasteiger partial charge on any atom is 0.257 e. The maximum atomic E-state index is 12.3. The fourth-order valence-corrected chi connectivity index (χ4v) is 3.43. The summed E-state index contributed by atoms with van der Waals surface area (Å²) >= 11 is 1.47. The Balaban J connectivity index is 1.36. The van der Waals surface area contributed by atoms with Gasteiger partial charge in [-0.3, -0.25) is 10.1 Å². The largest absolute Gasteiger partial charge is 0.489 e. The Bertz CT molecular complexity index is 906. The van der Waals surface area contributed by atoms with Crippen molar-refractivity contribution in [3.63, 3.8) is 0 Å². The van der Waals surface area contributed by atoms with Gasteiger partial charge in [0.2, 0.25) is 0 Å². The number of amides is 1. The van der Waals surface area contributed by atoms with Gasteiger partial charge in [0.05, 0.1) is 17.0 Å². The van der Waals surface area contributed by atoms with Gasteiger partial charge in [0.25, 0.3) is 5.91 Å². The van der Waals surface area contributed by atoms with Gasteiger partial charge in [0, 0.05) is 16.9 Å². The second-order valence-electron chi connectivity index (χ2n) is 6.42. The quantitative estimate of drug-likeness (QED) is 0.694. The van der Waals surface area contributed by atoms with Crippen LogP contribution in [-0.4, -0.2) is 16.0 Å². The lowest BCUT2D eigenvalue weighted by Crippen LogP contribution is -2.11. The van der Waals surface area contributed by atoms with Crippen molar-refractivity contribution in [1.29, 1.82) is 0 Å². The van der Waals surface area contributed by atoms with Crippen molar-refractivity contribution in [3.05, 3.63) is 57.9 Å². The Labute approximate surface area is 155 Å². The summed E-state index contributed by atoms with van der Waals surface area (Å²) in [4.78, 5) is 16.8. The average molecular weight is 369 g/mol. The van der Waals surface area contributed by atoms with Gasteiger partial charge in [0.1, 0.15) is 18.1 Å². The smallest absolute Gasteiger partial charge is 0.257 e. The van der Waals surface area contributed by atoms with Crippen LogP contribution in [0.4, 0.5) is 5.13 Å². The Morgan fingerprint density at radius 3 is 2.73 bits per heavy atom. The fourth-order valence-electron chi connectivity index (χ4n) is 2.65. The van der Waals surface area contributed by atoms with Crippen molar-refractivity contribution in [3.8, 4) is 5.75 Å². The zero-order valence-electron chi connectivity index (χ0n) is 14.6. The summed E-state index contributed by atoms with van der Waals surface area (Å²) in [6, 6.07) is 7.05. The number of carbonyl (C=O) groups excluding carboxylic acids is 1. The molecule has 26 heavy (non-hydrogen) atoms. The first kappa shape index (κ1) is 16.8. The van der Waals surface area contributed by atoms with Gasteiger partial charge >= 0.3 is 0 Å². The van der Waals surface area contributed by atoms with E-state index >= 15 is 0 Å². The number of carbonyl (C=O) groups is 1. The molecule has 1 aromatic carbocycles. The molecule has 4 rings (SSSR count). The number of ether oxygens (including phenoxy) is 1. The van der Waals surface area contributed by atoms with Crippen molar-refractivity contribution in [2.75, 3.05) is 5.32 Å². The number of nitrogens with one attached hydrogen (secondary N) is 1. The third-order valence-electron chi connectivity index (χ3n) is 4.42. The van der Waals surface area contributed by atoms with Crippen LogP contribution in [-0.2, 0) is 6.61 Å². The molecule has 0 bridgehead atoms. The van der Waals surface area contributed by atoms with Crippen LogP contribution < -0.4 is 10.1 Å². The van der Waals surface area contributed by atoms with Gasteiger partial charge in [-0.05, 0) is 51.0 Å². The monoisotopic (exact) mass is 369 g/mol. The molecule has 1 fully saturated rings. The molecular formula is C19H19N3O3S. The maximum absolute atomic E-state index is 12.3. The second kappa shape index (κ2) is 6.92. The summed E-state index contributed by atoms with van der Waals surface area (Å²) in [5.41, 5.74) is 3.43. The summed E-state index contributed by atoms with van der Waals surface area (Å²) in [6.07, 6.45) is 2.40. The molecule has 1 saturated carbocycles. The van der Waals surface area contributed by atoms with E-state index in [1.807, 2.05) is 19.2 Å². The van der Waals surface area contributed by atoms with Crippen LogP contribution in [0.5, 0.6) is 5.75 Å². The molecule has 0 radical (unpaired) electrons. The van der Waals surface area contributed by atoms with Crippen molar-refractivity contribution in [1.82, 2.24) is 10.1 Å². The molecule has 1 amide bonds. The molecule has 7 heteroatoms. The minimum absolute atomic E-state index is 0.168. The highest BCUT2D eigenvalue weighted by atomic mass is 32.1. The number of rotatable bonds is 6. The molecule has 0 saturated heterocycles. The first-order valence-corrected chi connectivity index (χ1v) is 9.39. The number of hydrogen-bond acceptors (Lipinski definition) is 6. The van der Waals surface area contributed by atoms with E-state index in [4.69, 9.17) is 9.26 Å². The fraction of sp³-hybridized carbons (Fsp3) is 0.316. The Kier molecular flexibility index (Phi) is 4.46. The zero-order valence-corrected chi connectivity index (χ0v) is 15.4. The minimum atomic E-state index is -0.168. The van der Waals surface area contributed by atoms with E-state index in [-0.39, 0.29) is 5.91 Å². The van der Waals surface area contributed by atoms with E-state index < -0.39 is 0 Å². The van der Waals surface area contributed by atoms with Crippen LogP contribution in [0.25, 0.3) is 0 Å². The van der Waals surface area contributed by atoms with Crippen molar-refractivity contribution in [2.45, 2.75) is 39.2 Å². The highest BCUT2D eigenvalue weighted by Crippen LogP contribution is 2.40. The van der Waals surface area contributed by atoms with Crippen LogP contribution in [0, 0.1) is 13.8 Å². The highest BCUT2D eigenvalue weighted by Gasteiger charge is 2.26. The van der Waals surface area contributed by atoms with Gasteiger partial charge in [-0.25, -0.2) is 4.98 Å². The van der Waals surface area contributed by atoms with Crippen LogP contribution in [0.15, 0.2) is 34.2 Å². The molecule has 134 valence electrons. The first-order chi connectivity index (χ1) is 12.6. The predicted molar refractivity (Wildman–Crippen MR) is 98.8 cm³/mol. The number of benzene rings is 1. The molecule has 2 aromatic heterocycles. The Hall–Kier alpha value is -2.67. The normalized spacial score (nSPS) is 13.6. The minimum Gasteiger partial charge on any atom is -0.489 e. The van der Waals surface area contributed by atoms with Crippen LogP contribution in [0.1, 0.15) is 51.8 Å². The third-order valence-corrected chi connectivity index (χ3v) is 5.19. The predicted octanol–water partition coefficient (Wildman–Crippen LogP) is 4.46. The standard InChI is InChI=1S/C19H19N3O3S/c1-11-16(12(2)25-22-11)9-24-15-7-5-14(6-8-15)18(23)21-19-20-17(10-26-19)13-3-4-13/h5-8,10,13H,3-4,9H2,1-2H3,(H,20,21,23). The molecule has 0 atom stereocenters. The van der Waals surface area contributed by atoms with Crippen LogP contribution in [0.3, 0.4) is 0 Å². The summed E-state index contributed by atoms with van der Waals surface area (Å²) in [7, 11) is 0. The van der Waals surface area contributed by atoms with Crippen molar-refractivity contribution < 1.29 is 14.1 Å². The molecule has 0 unspecified atom stereocenters. The Morgan fingerprint density at radius 2 is 2.08 bits per heavy atom. The van der Waals surface area contributed by atoms with E-state index in [1.54, 1.807) is 24.3 Å². The summed E-state index contributed by atoms with van der Waals surface area (Å²) < 4.78 is 10.9. The highest BCUT2D eigenvalue weighted by molar-refractivity contribution is 7.14. The number of nitrogens with zero attached hydrogens (tertiary/aromatic N) is 2. The van der Waals surface area contributed by atoms with Crippen molar-refractivity contribution in [2.24, 2.45) is 0 Å². The summed E-state index contributed by atoms with van der Waals surface area (Å²) in [5, 5.41) is 9.44. The summed E-state index contributed by atoms with van der Waals surface area (Å²) in [6.45, 7) is 4.13. The van der Waals surface area contributed by atoms with Gasteiger partial charge in [-0.1, -0.05) is 5.16 Å². The molecule has 6 nitrogen and oxygen atoms in total. The molecule has 0 spiro atoms. The van der Waals surface area contributed by atoms with Crippen LogP contribution in [0.2, 0.25) is 0 Å². The van der Waals surface area contributed by atoms with Crippen LogP contribution >= 0.6 is 11.3 Å². The molecule has 1 aliphatic carbocycles. The number of aromatic nitrogens is 2. The summed E-state index contributed by atoms with van der Waals surface area (Å²) in [5.74, 6) is 1.87. The molecule has 1 aliphatic rings. The molecule has 2 heterocycles. The number of anilines is 1. The molecule has 0 aliphatic heterocycles. The molecule has 1 N–H and O–H groups in total. The lowest BCUT2D eigenvalue weighted by atomic mass is 10.2. The average Bonchev–Trinajstić information content (AvgIpc) is 3.31. The van der Waals surface area contributed by atoms with E-state index in [9.17, 15) is 4.79 Å².